The molecule has 0 aliphatic heterocycles. The molecular formula is C26H33F2N7O2. The van der Waals surface area contributed by atoms with E-state index in [9.17, 15) is 18.4 Å². The Morgan fingerprint density at radius 2 is 1.86 bits per heavy atom. The van der Waals surface area contributed by atoms with Crippen LogP contribution in [0.2, 0.25) is 0 Å². The number of fused-ring (bicyclic) bond motifs is 1. The minimum Gasteiger partial charge on any atom is -0.349 e. The zero-order valence-corrected chi connectivity index (χ0v) is 21.2. The van der Waals surface area contributed by atoms with Crippen molar-refractivity contribution in [1.29, 1.82) is 0 Å². The Morgan fingerprint density at radius 3 is 2.51 bits per heavy atom. The number of imidazole rings is 2. The van der Waals surface area contributed by atoms with E-state index < -0.39 is 12.0 Å². The Balaban J connectivity index is 1.43. The molecule has 0 unspecified atom stereocenters. The number of carbonyl (C=O) groups is 2. The maximum absolute atomic E-state index is 13.9. The molecule has 0 spiro atoms. The van der Waals surface area contributed by atoms with Crippen LogP contribution in [0.3, 0.4) is 0 Å². The minimum atomic E-state index is -2.68. The van der Waals surface area contributed by atoms with E-state index in [1.54, 1.807) is 34.7 Å². The van der Waals surface area contributed by atoms with E-state index in [1.807, 2.05) is 13.0 Å². The summed E-state index contributed by atoms with van der Waals surface area (Å²) in [6.07, 6.45) is 10.2. The largest absolute Gasteiger partial charge is 0.349 e. The van der Waals surface area contributed by atoms with Crippen LogP contribution in [0.25, 0.3) is 5.65 Å². The highest BCUT2D eigenvalue weighted by molar-refractivity contribution is 5.91. The highest BCUT2D eigenvalue weighted by Gasteiger charge is 2.40. The van der Waals surface area contributed by atoms with Gasteiger partial charge in [-0.25, -0.2) is 23.3 Å². The van der Waals surface area contributed by atoms with Crippen LogP contribution in [0.1, 0.15) is 92.3 Å². The first kappa shape index (κ1) is 25.3. The van der Waals surface area contributed by atoms with E-state index in [0.29, 0.717) is 23.7 Å². The second-order valence-corrected chi connectivity index (χ2v) is 10.4. The first-order valence-corrected chi connectivity index (χ1v) is 13.0. The number of rotatable bonds is 9. The predicted octanol–water partition coefficient (Wildman–Crippen LogP) is 4.13. The summed E-state index contributed by atoms with van der Waals surface area (Å²) in [5.41, 5.74) is 2.04. The molecular weight excluding hydrogens is 480 g/mol. The third-order valence-corrected chi connectivity index (χ3v) is 7.47. The highest BCUT2D eigenvalue weighted by Crippen LogP contribution is 2.42. The zero-order chi connectivity index (χ0) is 26.2. The SMILES string of the molecule is CCCC(=O)N[C@@H](c1cnn2cc([C@@H](NC(=O)c3nccn3C)C3CCC(F)(F)CC3)nc2c1)C1CC1. The summed E-state index contributed by atoms with van der Waals surface area (Å²) in [6.45, 7) is 1.97. The fourth-order valence-electron chi connectivity index (χ4n) is 5.22. The van der Waals surface area contributed by atoms with Crippen molar-refractivity contribution in [2.75, 3.05) is 0 Å². The standard InChI is InChI=1S/C26H33F2N7O2/c1-3-4-21(36)32-22(16-5-6-16)18-13-20-31-19(15-35(20)30-14-18)23(17-7-9-26(27,28)10-8-17)33-25(37)24-29-11-12-34(24)2/h11-17,22-23H,3-10H2,1-2H3,(H,32,36)(H,33,37)/t22-,23+/m1/s1. The van der Waals surface area contributed by atoms with Crippen molar-refractivity contribution in [1.82, 2.24) is 34.8 Å². The van der Waals surface area contributed by atoms with Gasteiger partial charge in [-0.05, 0) is 55.6 Å². The van der Waals surface area contributed by atoms with Crippen LogP contribution >= 0.6 is 0 Å². The van der Waals surface area contributed by atoms with Gasteiger partial charge in [0.2, 0.25) is 11.8 Å². The molecule has 2 atom stereocenters. The predicted molar refractivity (Wildman–Crippen MR) is 132 cm³/mol. The number of alkyl halides is 2. The Morgan fingerprint density at radius 1 is 1.14 bits per heavy atom. The van der Waals surface area contributed by atoms with Gasteiger partial charge >= 0.3 is 0 Å². The molecule has 2 aliphatic carbocycles. The van der Waals surface area contributed by atoms with Gasteiger partial charge in [0, 0.05) is 38.7 Å². The fraction of sp³-hybridized carbons (Fsp3) is 0.577. The molecule has 2 fully saturated rings. The lowest BCUT2D eigenvalue weighted by Crippen LogP contribution is -2.38. The maximum Gasteiger partial charge on any atom is 0.287 e. The van der Waals surface area contributed by atoms with E-state index in [4.69, 9.17) is 4.98 Å². The molecule has 11 heteroatoms. The van der Waals surface area contributed by atoms with Crippen LogP contribution in [0.15, 0.2) is 30.9 Å². The van der Waals surface area contributed by atoms with Crippen LogP contribution in [-0.2, 0) is 11.8 Å². The van der Waals surface area contributed by atoms with Gasteiger partial charge in [0.15, 0.2) is 11.5 Å². The number of aryl methyl sites for hydroxylation is 1. The Labute approximate surface area is 214 Å². The van der Waals surface area contributed by atoms with Crippen molar-refractivity contribution >= 4 is 17.5 Å². The molecule has 37 heavy (non-hydrogen) atoms. The van der Waals surface area contributed by atoms with Crippen LogP contribution in [0.4, 0.5) is 8.78 Å². The highest BCUT2D eigenvalue weighted by atomic mass is 19.3. The van der Waals surface area contributed by atoms with Gasteiger partial charge < -0.3 is 15.2 Å². The van der Waals surface area contributed by atoms with Gasteiger partial charge in [-0.3, -0.25) is 9.59 Å². The number of hydrogen-bond donors (Lipinski definition) is 2. The maximum atomic E-state index is 13.9. The number of halogens is 2. The number of nitrogens with zero attached hydrogens (tertiary/aromatic N) is 5. The lowest BCUT2D eigenvalue weighted by atomic mass is 9.81. The first-order chi connectivity index (χ1) is 17.7. The van der Waals surface area contributed by atoms with E-state index in [-0.39, 0.29) is 55.3 Å². The average Bonchev–Trinajstić information content (AvgIpc) is 3.47. The molecule has 9 nitrogen and oxygen atoms in total. The second-order valence-electron chi connectivity index (χ2n) is 10.4. The van der Waals surface area contributed by atoms with E-state index in [0.717, 1.165) is 24.8 Å². The summed E-state index contributed by atoms with van der Waals surface area (Å²) in [4.78, 5) is 34.3. The molecule has 2 amide bonds. The van der Waals surface area contributed by atoms with Gasteiger partial charge in [0.05, 0.1) is 30.2 Å². The Kier molecular flexibility index (Phi) is 6.96. The smallest absolute Gasteiger partial charge is 0.287 e. The summed E-state index contributed by atoms with van der Waals surface area (Å²) in [5.74, 6) is -2.61. The number of hydrogen-bond acceptors (Lipinski definition) is 5. The monoisotopic (exact) mass is 513 g/mol. The molecule has 2 N–H and O–H groups in total. The molecule has 2 saturated carbocycles. The molecule has 3 aromatic rings. The summed E-state index contributed by atoms with van der Waals surface area (Å²) in [5, 5.41) is 10.7. The second kappa shape index (κ2) is 10.2. The summed E-state index contributed by atoms with van der Waals surface area (Å²) in [7, 11) is 1.73. The fourth-order valence-corrected chi connectivity index (χ4v) is 5.22. The van der Waals surface area contributed by atoms with Gasteiger partial charge in [0.25, 0.3) is 5.91 Å². The molecule has 0 saturated heterocycles. The van der Waals surface area contributed by atoms with E-state index in [1.165, 1.54) is 6.20 Å². The van der Waals surface area contributed by atoms with Crippen molar-refractivity contribution in [3.63, 3.8) is 0 Å². The van der Waals surface area contributed by atoms with Crippen LogP contribution in [0.5, 0.6) is 0 Å². The minimum absolute atomic E-state index is 0.0227. The molecule has 0 aromatic carbocycles. The van der Waals surface area contributed by atoms with Crippen molar-refractivity contribution in [3.05, 3.63) is 47.9 Å². The van der Waals surface area contributed by atoms with Crippen molar-refractivity contribution in [2.24, 2.45) is 18.9 Å². The van der Waals surface area contributed by atoms with E-state index in [2.05, 4.69) is 20.7 Å². The van der Waals surface area contributed by atoms with Crippen molar-refractivity contribution in [3.8, 4) is 0 Å². The number of carbonyl (C=O) groups excluding carboxylic acids is 2. The Bertz CT molecular complexity index is 1270. The number of aromatic nitrogens is 5. The normalized spacial score (nSPS) is 19.5. The Hall–Kier alpha value is -3.37. The average molecular weight is 514 g/mol. The molecule has 0 radical (unpaired) electrons. The summed E-state index contributed by atoms with van der Waals surface area (Å²) in [6, 6.07) is 1.24. The first-order valence-electron chi connectivity index (χ1n) is 13.0. The van der Waals surface area contributed by atoms with Crippen molar-refractivity contribution in [2.45, 2.75) is 76.3 Å². The summed E-state index contributed by atoms with van der Waals surface area (Å²) >= 11 is 0. The lowest BCUT2D eigenvalue weighted by molar-refractivity contribution is -0.122. The summed E-state index contributed by atoms with van der Waals surface area (Å²) < 4.78 is 31.1. The topological polar surface area (TPSA) is 106 Å². The molecule has 3 aromatic heterocycles. The van der Waals surface area contributed by atoms with E-state index >= 15 is 0 Å². The van der Waals surface area contributed by atoms with Crippen LogP contribution < -0.4 is 10.6 Å². The molecule has 5 rings (SSSR count). The number of amides is 2. The molecule has 0 bridgehead atoms. The van der Waals surface area contributed by atoms with Gasteiger partial charge in [-0.2, -0.15) is 5.10 Å². The third kappa shape index (κ3) is 5.65. The lowest BCUT2D eigenvalue weighted by Gasteiger charge is -2.33. The zero-order valence-electron chi connectivity index (χ0n) is 21.2. The van der Waals surface area contributed by atoms with Gasteiger partial charge in [-0.1, -0.05) is 6.92 Å². The molecule has 198 valence electrons. The molecule has 2 aliphatic rings. The third-order valence-electron chi connectivity index (χ3n) is 7.47. The van der Waals surface area contributed by atoms with Crippen LogP contribution in [-0.4, -0.2) is 41.9 Å². The molecule has 3 heterocycles. The van der Waals surface area contributed by atoms with Crippen LogP contribution in [0, 0.1) is 11.8 Å². The quantitative estimate of drug-likeness (QED) is 0.448. The van der Waals surface area contributed by atoms with Gasteiger partial charge in [-0.15, -0.1) is 0 Å². The van der Waals surface area contributed by atoms with Gasteiger partial charge in [0.1, 0.15) is 0 Å². The number of nitrogens with one attached hydrogen (secondary N) is 2. The van der Waals surface area contributed by atoms with Crippen molar-refractivity contribution < 1.29 is 18.4 Å².